The van der Waals surface area contributed by atoms with Crippen LogP contribution in [-0.4, -0.2) is 78.4 Å². The van der Waals surface area contributed by atoms with Crippen LogP contribution in [0.5, 0.6) is 0 Å². The van der Waals surface area contributed by atoms with Crippen LogP contribution in [0.25, 0.3) is 11.6 Å². The van der Waals surface area contributed by atoms with E-state index in [1.165, 1.54) is 19.1 Å². The van der Waals surface area contributed by atoms with E-state index in [0.717, 1.165) is 44.1 Å². The summed E-state index contributed by atoms with van der Waals surface area (Å²) in [4.78, 5) is 44.8. The maximum atomic E-state index is 14.6. The van der Waals surface area contributed by atoms with Crippen molar-refractivity contribution in [1.82, 2.24) is 14.8 Å². The third-order valence-corrected chi connectivity index (χ3v) is 6.78. The number of carbonyl (C=O) groups is 3. The Morgan fingerprint density at radius 1 is 1.20 bits per heavy atom. The zero-order valence-corrected chi connectivity index (χ0v) is 19.8. The van der Waals surface area contributed by atoms with Crippen LogP contribution in [0.1, 0.15) is 39.8 Å². The molecule has 0 radical (unpaired) electrons. The van der Waals surface area contributed by atoms with E-state index in [4.69, 9.17) is 4.74 Å². The molecule has 5 rings (SSSR count). The van der Waals surface area contributed by atoms with E-state index in [-0.39, 0.29) is 17.5 Å². The normalized spacial score (nSPS) is 19.1. The summed E-state index contributed by atoms with van der Waals surface area (Å²) in [6, 6.07) is 2.65. The van der Waals surface area contributed by atoms with E-state index >= 15 is 0 Å². The standard InChI is InChI=1S/C25H28FN5O4/c1-14-20(12-17-16-11-18(26)22(27-15(2)32)13-21(16)29-24(17)33)28-19-3-4-31(25(34)23(14)19)6-5-30-7-9-35-10-8-30/h11-13,28H,3-10H2,1-2H3,(H,27,32)(H,29,33)/b17-12-. The van der Waals surface area contributed by atoms with E-state index in [2.05, 4.69) is 20.5 Å². The highest BCUT2D eigenvalue weighted by Crippen LogP contribution is 2.37. The van der Waals surface area contributed by atoms with Crippen LogP contribution >= 0.6 is 0 Å². The summed E-state index contributed by atoms with van der Waals surface area (Å²) in [6.07, 6.45) is 2.36. The molecule has 1 aromatic carbocycles. The predicted molar refractivity (Wildman–Crippen MR) is 130 cm³/mol. The molecule has 184 valence electrons. The van der Waals surface area contributed by atoms with Gasteiger partial charge in [0.25, 0.3) is 11.8 Å². The number of rotatable bonds is 5. The smallest absolute Gasteiger partial charge is 0.256 e. The number of hydrogen-bond acceptors (Lipinski definition) is 5. The van der Waals surface area contributed by atoms with Gasteiger partial charge in [0.15, 0.2) is 0 Å². The molecule has 4 heterocycles. The highest BCUT2D eigenvalue weighted by atomic mass is 19.1. The number of ether oxygens (including phenoxy) is 1. The first kappa shape index (κ1) is 23.3. The largest absolute Gasteiger partial charge is 0.379 e. The van der Waals surface area contributed by atoms with Crippen molar-refractivity contribution in [2.45, 2.75) is 20.3 Å². The predicted octanol–water partition coefficient (Wildman–Crippen LogP) is 2.24. The third-order valence-electron chi connectivity index (χ3n) is 6.78. The van der Waals surface area contributed by atoms with Crippen molar-refractivity contribution in [3.8, 4) is 0 Å². The van der Waals surface area contributed by atoms with E-state index in [9.17, 15) is 18.8 Å². The molecule has 0 bridgehead atoms. The highest BCUT2D eigenvalue weighted by molar-refractivity contribution is 6.35. The second kappa shape index (κ2) is 9.27. The fraction of sp³-hybridized carbons (Fsp3) is 0.400. The van der Waals surface area contributed by atoms with Gasteiger partial charge in [-0.25, -0.2) is 4.39 Å². The lowest BCUT2D eigenvalue weighted by atomic mass is 10.0. The first-order valence-corrected chi connectivity index (χ1v) is 11.8. The second-order valence-electron chi connectivity index (χ2n) is 9.08. The first-order chi connectivity index (χ1) is 16.8. The lowest BCUT2D eigenvalue weighted by Gasteiger charge is -2.32. The molecule has 0 spiro atoms. The summed E-state index contributed by atoms with van der Waals surface area (Å²) in [5, 5.41) is 5.15. The highest BCUT2D eigenvalue weighted by Gasteiger charge is 2.31. The Balaban J connectivity index is 1.39. The Morgan fingerprint density at radius 3 is 2.71 bits per heavy atom. The molecule has 9 nitrogen and oxygen atoms in total. The topological polar surface area (TPSA) is 107 Å². The van der Waals surface area contributed by atoms with Gasteiger partial charge in [-0.1, -0.05) is 0 Å². The van der Waals surface area contributed by atoms with Crippen molar-refractivity contribution in [2.75, 3.05) is 56.6 Å². The molecular weight excluding hydrogens is 453 g/mol. The van der Waals surface area contributed by atoms with Gasteiger partial charge < -0.3 is 25.3 Å². The van der Waals surface area contributed by atoms with Gasteiger partial charge in [-0.2, -0.15) is 0 Å². The lowest BCUT2D eigenvalue weighted by molar-refractivity contribution is -0.114. The van der Waals surface area contributed by atoms with Gasteiger partial charge >= 0.3 is 0 Å². The fourth-order valence-corrected chi connectivity index (χ4v) is 4.89. The van der Waals surface area contributed by atoms with E-state index in [1.807, 2.05) is 11.8 Å². The second-order valence-corrected chi connectivity index (χ2v) is 9.08. The number of aromatic amines is 1. The number of hydrogen-bond donors (Lipinski definition) is 3. The Kier molecular flexibility index (Phi) is 6.16. The Bertz CT molecular complexity index is 1240. The minimum Gasteiger partial charge on any atom is -0.379 e. The van der Waals surface area contributed by atoms with Gasteiger partial charge in [0.2, 0.25) is 5.91 Å². The van der Waals surface area contributed by atoms with Crippen LogP contribution in [-0.2, 0) is 20.7 Å². The molecule has 0 saturated carbocycles. The quantitative estimate of drug-likeness (QED) is 0.568. The van der Waals surface area contributed by atoms with Crippen molar-refractivity contribution in [3.05, 3.63) is 46.0 Å². The van der Waals surface area contributed by atoms with E-state index < -0.39 is 11.7 Å². The van der Waals surface area contributed by atoms with Crippen LogP contribution in [0.3, 0.4) is 0 Å². The van der Waals surface area contributed by atoms with Crippen molar-refractivity contribution >= 4 is 40.7 Å². The molecule has 1 fully saturated rings. The van der Waals surface area contributed by atoms with Gasteiger partial charge in [-0.15, -0.1) is 0 Å². The molecule has 0 aliphatic carbocycles. The lowest BCUT2D eigenvalue weighted by Crippen LogP contribution is -2.45. The SMILES string of the molecule is CC(=O)Nc1cc2c(cc1F)/C(=C/c1[nH]c3c(c1C)C(=O)N(CCN1CCOCC1)CC3)C(=O)N2. The van der Waals surface area contributed by atoms with E-state index in [0.29, 0.717) is 47.6 Å². The molecular formula is C25H28FN5O4. The number of benzene rings is 1. The summed E-state index contributed by atoms with van der Waals surface area (Å²) in [6.45, 7) is 8.46. The van der Waals surface area contributed by atoms with Gasteiger partial charge in [-0.05, 0) is 30.7 Å². The first-order valence-electron chi connectivity index (χ1n) is 11.8. The molecule has 3 aliphatic rings. The van der Waals surface area contributed by atoms with Crippen LogP contribution < -0.4 is 10.6 Å². The molecule has 0 atom stereocenters. The zero-order valence-electron chi connectivity index (χ0n) is 19.8. The molecule has 3 aliphatic heterocycles. The summed E-state index contributed by atoms with van der Waals surface area (Å²) in [5.74, 6) is -1.42. The number of halogens is 1. The number of anilines is 2. The number of aromatic nitrogens is 1. The molecule has 3 N–H and O–H groups in total. The molecule has 3 amide bonds. The summed E-state index contributed by atoms with van der Waals surface area (Å²) < 4.78 is 20.0. The van der Waals surface area contributed by atoms with Gasteiger partial charge in [0.1, 0.15) is 5.82 Å². The number of nitrogens with zero attached hydrogens (tertiary/aromatic N) is 2. The van der Waals surface area contributed by atoms with Crippen LogP contribution in [0, 0.1) is 12.7 Å². The molecule has 1 saturated heterocycles. The Hall–Kier alpha value is -3.50. The maximum absolute atomic E-state index is 14.6. The minimum absolute atomic E-state index is 0.00656. The molecule has 0 unspecified atom stereocenters. The average molecular weight is 482 g/mol. The summed E-state index contributed by atoms with van der Waals surface area (Å²) >= 11 is 0. The van der Waals surface area contributed by atoms with Crippen LogP contribution in [0.2, 0.25) is 0 Å². The Labute approximate surface area is 202 Å². The van der Waals surface area contributed by atoms with Crippen molar-refractivity contribution in [3.63, 3.8) is 0 Å². The fourth-order valence-electron chi connectivity index (χ4n) is 4.89. The number of H-pyrrole nitrogens is 1. The minimum atomic E-state index is -0.630. The van der Waals surface area contributed by atoms with Crippen molar-refractivity contribution in [1.29, 1.82) is 0 Å². The molecule has 2 aromatic rings. The summed E-state index contributed by atoms with van der Waals surface area (Å²) in [7, 11) is 0. The molecule has 1 aromatic heterocycles. The van der Waals surface area contributed by atoms with Gasteiger partial charge in [0.05, 0.1) is 35.7 Å². The number of nitrogens with one attached hydrogen (secondary N) is 3. The zero-order chi connectivity index (χ0) is 24.7. The van der Waals surface area contributed by atoms with E-state index in [1.54, 1.807) is 6.08 Å². The van der Waals surface area contributed by atoms with Gasteiger partial charge in [0, 0.05) is 63.0 Å². The van der Waals surface area contributed by atoms with Crippen LogP contribution in [0.4, 0.5) is 15.8 Å². The van der Waals surface area contributed by atoms with Gasteiger partial charge in [-0.3, -0.25) is 19.3 Å². The third kappa shape index (κ3) is 4.46. The molecule has 35 heavy (non-hydrogen) atoms. The maximum Gasteiger partial charge on any atom is 0.256 e. The van der Waals surface area contributed by atoms with Crippen molar-refractivity contribution in [2.24, 2.45) is 0 Å². The average Bonchev–Trinajstić information content (AvgIpc) is 3.30. The van der Waals surface area contributed by atoms with Crippen LogP contribution in [0.15, 0.2) is 12.1 Å². The Morgan fingerprint density at radius 2 is 1.97 bits per heavy atom. The monoisotopic (exact) mass is 481 g/mol. The summed E-state index contributed by atoms with van der Waals surface area (Å²) in [5.41, 5.74) is 4.06. The number of morpholine rings is 1. The molecule has 10 heteroatoms. The number of carbonyl (C=O) groups excluding carboxylic acids is 3. The number of amides is 3. The van der Waals surface area contributed by atoms with Crippen molar-refractivity contribution < 1.29 is 23.5 Å². The number of fused-ring (bicyclic) bond motifs is 2.